The van der Waals surface area contributed by atoms with Gasteiger partial charge in [-0.1, -0.05) is 17.3 Å². The molecule has 1 unspecified atom stereocenters. The van der Waals surface area contributed by atoms with Crippen molar-refractivity contribution in [2.24, 2.45) is 0 Å². The molecule has 4 aromatic rings. The average Bonchev–Trinajstić information content (AvgIpc) is 3.33. The van der Waals surface area contributed by atoms with Crippen molar-refractivity contribution in [3.8, 4) is 22.6 Å². The summed E-state index contributed by atoms with van der Waals surface area (Å²) in [4.78, 5) is 7.39. The molecule has 1 aliphatic rings. The van der Waals surface area contributed by atoms with Gasteiger partial charge in [-0.25, -0.2) is 4.98 Å². The third-order valence-electron chi connectivity index (χ3n) is 4.93. The summed E-state index contributed by atoms with van der Waals surface area (Å²) in [6, 6.07) is 6.24. The first-order chi connectivity index (χ1) is 13.8. The van der Waals surface area contributed by atoms with E-state index in [1.54, 1.807) is 19.3 Å². The first-order valence-corrected chi connectivity index (χ1v) is 8.81. The molecule has 4 heterocycles. The Morgan fingerprint density at radius 1 is 1.17 bits per heavy atom. The largest absolute Gasteiger partial charge is 0.586 e. The van der Waals surface area contributed by atoms with Gasteiger partial charge < -0.3 is 24.1 Å². The molecule has 148 valence electrons. The Morgan fingerprint density at radius 2 is 2.00 bits per heavy atom. The number of aliphatic hydroxyl groups is 1. The van der Waals surface area contributed by atoms with E-state index in [0.29, 0.717) is 22.4 Å². The number of H-pyrrole nitrogens is 1. The minimum atomic E-state index is -3.77. The number of ether oxygens (including phenoxy) is 2. The minimum Gasteiger partial charge on any atom is -0.395 e. The van der Waals surface area contributed by atoms with Gasteiger partial charge in [-0.05, 0) is 26.0 Å². The Labute approximate surface area is 162 Å². The summed E-state index contributed by atoms with van der Waals surface area (Å²) in [5, 5.41) is 15.6. The summed E-state index contributed by atoms with van der Waals surface area (Å²) in [6.07, 6.45) is -1.74. The molecule has 3 aromatic heterocycles. The molecule has 29 heavy (non-hydrogen) atoms. The Balaban J connectivity index is 1.62. The van der Waals surface area contributed by atoms with E-state index >= 15 is 0 Å². The lowest BCUT2D eigenvalue weighted by Gasteiger charge is -2.13. The van der Waals surface area contributed by atoms with Crippen LogP contribution in [0.25, 0.3) is 22.2 Å². The van der Waals surface area contributed by atoms with Crippen molar-refractivity contribution in [3.63, 3.8) is 0 Å². The maximum absolute atomic E-state index is 13.5. The van der Waals surface area contributed by atoms with Crippen molar-refractivity contribution in [1.29, 1.82) is 0 Å². The van der Waals surface area contributed by atoms with Gasteiger partial charge in [-0.2, -0.15) is 0 Å². The molecule has 1 aromatic carbocycles. The van der Waals surface area contributed by atoms with Crippen molar-refractivity contribution in [2.75, 3.05) is 0 Å². The van der Waals surface area contributed by atoms with Gasteiger partial charge in [0.1, 0.15) is 17.5 Å². The molecule has 1 atom stereocenters. The number of para-hydroxylation sites is 1. The zero-order valence-corrected chi connectivity index (χ0v) is 15.4. The zero-order chi connectivity index (χ0) is 20.3. The highest BCUT2D eigenvalue weighted by Gasteiger charge is 2.45. The van der Waals surface area contributed by atoms with Gasteiger partial charge in [0.05, 0.1) is 5.69 Å². The number of fused-ring (bicyclic) bond motifs is 2. The monoisotopic (exact) mass is 399 g/mol. The van der Waals surface area contributed by atoms with E-state index in [2.05, 4.69) is 24.6 Å². The molecular weight excluding hydrogens is 384 g/mol. The van der Waals surface area contributed by atoms with E-state index in [0.717, 1.165) is 16.8 Å². The summed E-state index contributed by atoms with van der Waals surface area (Å²) in [5.74, 6) is 0.338. The number of benzene rings is 1. The predicted octanol–water partition coefficient (Wildman–Crippen LogP) is 4.24. The van der Waals surface area contributed by atoms with E-state index in [1.807, 2.05) is 13.0 Å². The normalized spacial score (nSPS) is 15.8. The molecule has 5 rings (SSSR count). The summed E-state index contributed by atoms with van der Waals surface area (Å²) < 4.78 is 41.3. The number of hydrogen-bond donors (Lipinski definition) is 2. The molecule has 7 nitrogen and oxygen atoms in total. The van der Waals surface area contributed by atoms with E-state index in [4.69, 9.17) is 4.52 Å². The lowest BCUT2D eigenvalue weighted by molar-refractivity contribution is -0.287. The van der Waals surface area contributed by atoms with Crippen molar-refractivity contribution < 1.29 is 27.9 Å². The third-order valence-corrected chi connectivity index (χ3v) is 4.93. The Hall–Kier alpha value is -3.46. The fourth-order valence-corrected chi connectivity index (χ4v) is 3.65. The molecule has 2 N–H and O–H groups in total. The van der Waals surface area contributed by atoms with Crippen LogP contribution in [0.3, 0.4) is 0 Å². The molecular formula is C20H15F2N3O4. The van der Waals surface area contributed by atoms with Crippen LogP contribution in [0.5, 0.6) is 11.5 Å². The molecule has 0 saturated heterocycles. The van der Waals surface area contributed by atoms with Crippen LogP contribution in [-0.2, 0) is 0 Å². The predicted molar refractivity (Wildman–Crippen MR) is 97.8 cm³/mol. The van der Waals surface area contributed by atoms with Gasteiger partial charge in [0.25, 0.3) is 0 Å². The van der Waals surface area contributed by atoms with Gasteiger partial charge in [0.15, 0.2) is 11.5 Å². The second-order valence-electron chi connectivity index (χ2n) is 6.81. The second-order valence-corrected chi connectivity index (χ2v) is 6.81. The zero-order valence-electron chi connectivity index (χ0n) is 15.4. The number of nitrogens with one attached hydrogen (secondary N) is 1. The summed E-state index contributed by atoms with van der Waals surface area (Å²) in [6.45, 7) is 3.63. The SMILES string of the molecule is Cc1noc(C)c1-c1cnc2[nH]cc(C(O)c3cccc4c3OC(F)(F)O4)c2c1. The van der Waals surface area contributed by atoms with Gasteiger partial charge in [-0.3, -0.25) is 0 Å². The topological polar surface area (TPSA) is 93.4 Å². The van der Waals surface area contributed by atoms with E-state index in [9.17, 15) is 13.9 Å². The molecule has 0 bridgehead atoms. The lowest BCUT2D eigenvalue weighted by atomic mass is 9.98. The summed E-state index contributed by atoms with van der Waals surface area (Å²) in [5.41, 5.74) is 3.49. The van der Waals surface area contributed by atoms with Gasteiger partial charge >= 0.3 is 6.29 Å². The van der Waals surface area contributed by atoms with Crippen LogP contribution in [0.2, 0.25) is 0 Å². The summed E-state index contributed by atoms with van der Waals surface area (Å²) >= 11 is 0. The fraction of sp³-hybridized carbons (Fsp3) is 0.200. The first-order valence-electron chi connectivity index (χ1n) is 8.81. The average molecular weight is 399 g/mol. The van der Waals surface area contributed by atoms with Crippen LogP contribution in [0.1, 0.15) is 28.7 Å². The highest BCUT2D eigenvalue weighted by Crippen LogP contribution is 2.46. The molecule has 0 spiro atoms. The van der Waals surface area contributed by atoms with Crippen molar-refractivity contribution in [2.45, 2.75) is 26.2 Å². The van der Waals surface area contributed by atoms with E-state index in [1.165, 1.54) is 18.2 Å². The number of alkyl halides is 2. The number of halogens is 2. The molecule has 0 fully saturated rings. The lowest BCUT2D eigenvalue weighted by Crippen LogP contribution is -2.26. The van der Waals surface area contributed by atoms with E-state index in [-0.39, 0.29) is 17.1 Å². The van der Waals surface area contributed by atoms with Crippen LogP contribution >= 0.6 is 0 Å². The number of nitrogens with zero attached hydrogens (tertiary/aromatic N) is 2. The number of aliphatic hydroxyl groups excluding tert-OH is 1. The summed E-state index contributed by atoms with van der Waals surface area (Å²) in [7, 11) is 0. The van der Waals surface area contributed by atoms with Gasteiger partial charge in [-0.15, -0.1) is 8.78 Å². The maximum Gasteiger partial charge on any atom is 0.586 e. The highest BCUT2D eigenvalue weighted by molar-refractivity contribution is 5.86. The minimum absolute atomic E-state index is 0.124. The standard InChI is InChI=1S/C20H15F2N3O4/c1-9-16(10(2)29-25-9)11-6-13-14(8-24-19(13)23-7-11)17(26)12-4-3-5-15-18(12)28-20(21,22)27-15/h3-8,17,26H,1-2H3,(H,23,24). The van der Waals surface area contributed by atoms with Crippen molar-refractivity contribution in [3.05, 3.63) is 59.2 Å². The van der Waals surface area contributed by atoms with Crippen molar-refractivity contribution in [1.82, 2.24) is 15.1 Å². The second kappa shape index (κ2) is 6.02. The first kappa shape index (κ1) is 17.6. The third kappa shape index (κ3) is 2.73. The van der Waals surface area contributed by atoms with Crippen LogP contribution in [-0.4, -0.2) is 26.5 Å². The number of hydrogen-bond acceptors (Lipinski definition) is 6. The van der Waals surface area contributed by atoms with Crippen LogP contribution in [0, 0.1) is 13.8 Å². The highest BCUT2D eigenvalue weighted by atomic mass is 19.3. The molecule has 0 radical (unpaired) electrons. The van der Waals surface area contributed by atoms with E-state index < -0.39 is 12.4 Å². The Kier molecular flexibility index (Phi) is 3.66. The number of pyridine rings is 1. The molecule has 1 aliphatic heterocycles. The molecule has 0 aliphatic carbocycles. The number of rotatable bonds is 3. The maximum atomic E-state index is 13.5. The quantitative estimate of drug-likeness (QED) is 0.535. The number of aromatic amines is 1. The Morgan fingerprint density at radius 3 is 2.76 bits per heavy atom. The van der Waals surface area contributed by atoms with Crippen LogP contribution in [0.4, 0.5) is 8.78 Å². The van der Waals surface area contributed by atoms with Crippen molar-refractivity contribution >= 4 is 11.0 Å². The number of aryl methyl sites for hydroxylation is 2. The number of aromatic nitrogens is 3. The molecule has 9 heteroatoms. The van der Waals surface area contributed by atoms with Crippen LogP contribution < -0.4 is 9.47 Å². The molecule has 0 amide bonds. The van der Waals surface area contributed by atoms with Gasteiger partial charge in [0, 0.05) is 40.0 Å². The fourth-order valence-electron chi connectivity index (χ4n) is 3.65. The Bertz CT molecular complexity index is 1230. The van der Waals surface area contributed by atoms with Crippen LogP contribution in [0.15, 0.2) is 41.2 Å². The smallest absolute Gasteiger partial charge is 0.395 e. The molecule has 0 saturated carbocycles. The van der Waals surface area contributed by atoms with Gasteiger partial charge in [0.2, 0.25) is 0 Å².